The lowest BCUT2D eigenvalue weighted by atomic mass is 10.3. The number of nitrogens with two attached hydrogens (primary N) is 1. The summed E-state index contributed by atoms with van der Waals surface area (Å²) in [6, 6.07) is 4.14. The van der Waals surface area contributed by atoms with Crippen LogP contribution < -0.4 is 15.8 Å². The number of hydrogen-bond acceptors (Lipinski definition) is 3. The fraction of sp³-hybridized carbons (Fsp3) is 0.571. The molecule has 1 saturated carbocycles. The second-order valence-electron chi connectivity index (χ2n) is 5.26. The van der Waals surface area contributed by atoms with Crippen LogP contribution in [0, 0.1) is 5.92 Å². The summed E-state index contributed by atoms with van der Waals surface area (Å²) in [4.78, 5) is 8.48. The van der Waals surface area contributed by atoms with E-state index in [1.807, 2.05) is 26.0 Å². The quantitative estimate of drug-likeness (QED) is 0.444. The predicted octanol–water partition coefficient (Wildman–Crippen LogP) is 2.30. The van der Waals surface area contributed by atoms with E-state index in [0.29, 0.717) is 24.4 Å². The molecule has 20 heavy (non-hydrogen) atoms. The van der Waals surface area contributed by atoms with Crippen LogP contribution in [0.25, 0.3) is 0 Å². The van der Waals surface area contributed by atoms with Gasteiger partial charge in [0.05, 0.1) is 13.2 Å². The Labute approximate surface area is 137 Å². The van der Waals surface area contributed by atoms with Gasteiger partial charge in [-0.05, 0) is 44.2 Å². The second-order valence-corrected chi connectivity index (χ2v) is 5.26. The lowest BCUT2D eigenvalue weighted by Gasteiger charge is -2.09. The molecule has 6 heteroatoms. The van der Waals surface area contributed by atoms with Crippen molar-refractivity contribution in [2.75, 3.05) is 6.61 Å². The molecule has 1 fully saturated rings. The Bertz CT molecular complexity index is 447. The summed E-state index contributed by atoms with van der Waals surface area (Å²) in [6.07, 6.45) is 4.31. The minimum absolute atomic E-state index is 0. The molecule has 1 aliphatic carbocycles. The maximum atomic E-state index is 5.76. The van der Waals surface area contributed by atoms with E-state index >= 15 is 0 Å². The summed E-state index contributed by atoms with van der Waals surface area (Å²) in [5.41, 5.74) is 6.81. The van der Waals surface area contributed by atoms with Gasteiger partial charge < -0.3 is 15.8 Å². The van der Waals surface area contributed by atoms with E-state index in [2.05, 4.69) is 15.3 Å². The molecule has 0 amide bonds. The fourth-order valence-electron chi connectivity index (χ4n) is 1.63. The number of hydrogen-bond donors (Lipinski definition) is 2. The monoisotopic (exact) mass is 390 g/mol. The molecule has 1 aromatic heterocycles. The molecule has 0 atom stereocenters. The summed E-state index contributed by atoms with van der Waals surface area (Å²) in [6.45, 7) is 5.36. The first-order valence-corrected chi connectivity index (χ1v) is 6.77. The Morgan fingerprint density at radius 3 is 2.95 bits per heavy atom. The maximum Gasteiger partial charge on any atom is 0.213 e. The van der Waals surface area contributed by atoms with Crippen LogP contribution in [-0.2, 0) is 6.54 Å². The minimum atomic E-state index is 0. The molecular weight excluding hydrogens is 367 g/mol. The van der Waals surface area contributed by atoms with Gasteiger partial charge in [-0.15, -0.1) is 24.0 Å². The predicted molar refractivity (Wildman–Crippen MR) is 91.5 cm³/mol. The molecule has 1 heterocycles. The summed E-state index contributed by atoms with van der Waals surface area (Å²) >= 11 is 0. The van der Waals surface area contributed by atoms with E-state index in [1.54, 1.807) is 6.20 Å². The Hall–Kier alpha value is -1.05. The van der Waals surface area contributed by atoms with Crippen molar-refractivity contribution >= 4 is 29.9 Å². The molecule has 2 rings (SSSR count). The summed E-state index contributed by atoms with van der Waals surface area (Å²) in [5.74, 6) is 1.87. The largest absolute Gasteiger partial charge is 0.477 e. The molecule has 0 unspecified atom stereocenters. The smallest absolute Gasteiger partial charge is 0.213 e. The van der Waals surface area contributed by atoms with Crippen molar-refractivity contribution in [3.8, 4) is 5.88 Å². The summed E-state index contributed by atoms with van der Waals surface area (Å²) in [5, 5.41) is 3.06. The highest BCUT2D eigenvalue weighted by Crippen LogP contribution is 2.29. The van der Waals surface area contributed by atoms with Crippen molar-refractivity contribution in [3.05, 3.63) is 23.9 Å². The molecule has 1 aromatic rings. The van der Waals surface area contributed by atoms with Crippen molar-refractivity contribution in [2.45, 2.75) is 39.3 Å². The topological polar surface area (TPSA) is 72.5 Å². The SMILES string of the molecule is CC(C)NC(N)=NCc1ccnc(OCC2CC2)c1.I. The van der Waals surface area contributed by atoms with E-state index in [4.69, 9.17) is 10.5 Å². The van der Waals surface area contributed by atoms with E-state index in [-0.39, 0.29) is 24.0 Å². The van der Waals surface area contributed by atoms with Gasteiger partial charge in [-0.2, -0.15) is 0 Å². The average Bonchev–Trinajstić information content (AvgIpc) is 3.18. The molecule has 0 radical (unpaired) electrons. The molecule has 0 saturated heterocycles. The van der Waals surface area contributed by atoms with Crippen molar-refractivity contribution in [1.29, 1.82) is 0 Å². The molecule has 0 bridgehead atoms. The standard InChI is InChI=1S/C14H22N4O.HI/c1-10(2)18-14(15)17-8-12-5-6-16-13(7-12)19-9-11-3-4-11;/h5-7,10-11H,3-4,8-9H2,1-2H3,(H3,15,17,18);1H. The highest BCUT2D eigenvalue weighted by atomic mass is 127. The van der Waals surface area contributed by atoms with Crippen LogP contribution in [0.3, 0.4) is 0 Å². The highest BCUT2D eigenvalue weighted by Gasteiger charge is 2.22. The molecule has 5 nitrogen and oxygen atoms in total. The van der Waals surface area contributed by atoms with Crippen LogP contribution in [0.2, 0.25) is 0 Å². The van der Waals surface area contributed by atoms with Crippen LogP contribution in [0.5, 0.6) is 5.88 Å². The fourth-order valence-corrected chi connectivity index (χ4v) is 1.63. The Morgan fingerprint density at radius 2 is 2.30 bits per heavy atom. The highest BCUT2D eigenvalue weighted by molar-refractivity contribution is 14.0. The van der Waals surface area contributed by atoms with Crippen molar-refractivity contribution in [1.82, 2.24) is 10.3 Å². The Morgan fingerprint density at radius 1 is 1.55 bits per heavy atom. The first-order chi connectivity index (χ1) is 9.13. The van der Waals surface area contributed by atoms with Gasteiger partial charge in [-0.1, -0.05) is 0 Å². The number of nitrogens with one attached hydrogen (secondary N) is 1. The van der Waals surface area contributed by atoms with Crippen molar-refractivity contribution in [3.63, 3.8) is 0 Å². The first kappa shape index (κ1) is 17.0. The number of halogens is 1. The van der Waals surface area contributed by atoms with Crippen molar-refractivity contribution in [2.24, 2.45) is 16.6 Å². The number of aliphatic imine (C=N–C) groups is 1. The summed E-state index contributed by atoms with van der Waals surface area (Å²) < 4.78 is 5.64. The molecule has 0 aliphatic heterocycles. The van der Waals surface area contributed by atoms with Crippen LogP contribution in [0.4, 0.5) is 0 Å². The minimum Gasteiger partial charge on any atom is -0.477 e. The maximum absolute atomic E-state index is 5.76. The first-order valence-electron chi connectivity index (χ1n) is 6.77. The molecule has 0 spiro atoms. The van der Waals surface area contributed by atoms with Gasteiger partial charge in [0.15, 0.2) is 5.96 Å². The van der Waals surface area contributed by atoms with E-state index in [1.165, 1.54) is 12.8 Å². The third-order valence-electron chi connectivity index (χ3n) is 2.83. The van der Waals surface area contributed by atoms with Crippen LogP contribution in [-0.4, -0.2) is 23.6 Å². The normalized spacial score (nSPS) is 14.8. The zero-order valence-electron chi connectivity index (χ0n) is 12.0. The lowest BCUT2D eigenvalue weighted by Crippen LogP contribution is -2.36. The van der Waals surface area contributed by atoms with Gasteiger partial charge in [-0.25, -0.2) is 9.98 Å². The number of guanidine groups is 1. The number of pyridine rings is 1. The zero-order chi connectivity index (χ0) is 13.7. The molecular formula is C14H23IN4O. The zero-order valence-corrected chi connectivity index (χ0v) is 14.3. The Balaban J connectivity index is 0.00000200. The van der Waals surface area contributed by atoms with E-state index in [9.17, 15) is 0 Å². The molecule has 0 aromatic carbocycles. The molecule has 112 valence electrons. The van der Waals surface area contributed by atoms with E-state index in [0.717, 1.165) is 18.1 Å². The third kappa shape index (κ3) is 6.40. The van der Waals surface area contributed by atoms with E-state index < -0.39 is 0 Å². The van der Waals surface area contributed by atoms with Gasteiger partial charge in [0.25, 0.3) is 0 Å². The molecule has 3 N–H and O–H groups in total. The van der Waals surface area contributed by atoms with Gasteiger partial charge in [0.1, 0.15) is 0 Å². The number of rotatable bonds is 6. The van der Waals surface area contributed by atoms with Crippen molar-refractivity contribution < 1.29 is 4.74 Å². The molecule has 1 aliphatic rings. The van der Waals surface area contributed by atoms with Gasteiger partial charge in [0.2, 0.25) is 5.88 Å². The third-order valence-corrected chi connectivity index (χ3v) is 2.83. The number of nitrogens with zero attached hydrogens (tertiary/aromatic N) is 2. The lowest BCUT2D eigenvalue weighted by molar-refractivity contribution is 0.288. The second kappa shape index (κ2) is 8.28. The average molecular weight is 390 g/mol. The Kier molecular flexibility index (Phi) is 7.04. The van der Waals surface area contributed by atoms with Gasteiger partial charge >= 0.3 is 0 Å². The number of ether oxygens (including phenoxy) is 1. The van der Waals surface area contributed by atoms with Crippen LogP contribution in [0.1, 0.15) is 32.3 Å². The van der Waals surface area contributed by atoms with Crippen LogP contribution >= 0.6 is 24.0 Å². The summed E-state index contributed by atoms with van der Waals surface area (Å²) in [7, 11) is 0. The van der Waals surface area contributed by atoms with Gasteiger partial charge in [-0.3, -0.25) is 0 Å². The number of aromatic nitrogens is 1. The van der Waals surface area contributed by atoms with Gasteiger partial charge in [0, 0.05) is 18.3 Å². The van der Waals surface area contributed by atoms with Crippen LogP contribution in [0.15, 0.2) is 23.3 Å².